The molecule has 4 aliphatic carbocycles. The van der Waals surface area contributed by atoms with Crippen LogP contribution in [-0.4, -0.2) is 48.1 Å². The van der Waals surface area contributed by atoms with Gasteiger partial charge in [0.1, 0.15) is 0 Å². The Bertz CT molecular complexity index is 622. The second kappa shape index (κ2) is 5.77. The Hall–Kier alpha value is -0.450. The van der Waals surface area contributed by atoms with Gasteiger partial charge in [-0.25, -0.2) is 0 Å². The van der Waals surface area contributed by atoms with Crippen molar-refractivity contribution in [2.24, 2.45) is 17.3 Å². The predicted molar refractivity (Wildman–Crippen MR) is 78.9 cm³/mol. The maximum absolute atomic E-state index is 13.4. The molecule has 25 heavy (non-hydrogen) atoms. The summed E-state index contributed by atoms with van der Waals surface area (Å²) in [6.45, 7) is -0.677. The molecule has 0 aromatic rings. The summed E-state index contributed by atoms with van der Waals surface area (Å²) in [5.41, 5.74) is -1.06. The van der Waals surface area contributed by atoms with Gasteiger partial charge in [0, 0.05) is 6.42 Å². The molecule has 4 fully saturated rings. The van der Waals surface area contributed by atoms with Crippen LogP contribution in [0.4, 0.5) is 17.6 Å². The topological polar surface area (TPSA) is 83.8 Å². The Labute approximate surface area is 143 Å². The molecule has 0 amide bonds. The summed E-state index contributed by atoms with van der Waals surface area (Å²) < 4.78 is 87.5. The first kappa shape index (κ1) is 19.3. The first-order valence-electron chi connectivity index (χ1n) is 8.30. The summed E-state index contributed by atoms with van der Waals surface area (Å²) >= 11 is 0. The van der Waals surface area contributed by atoms with E-state index in [1.54, 1.807) is 0 Å². The van der Waals surface area contributed by atoms with Crippen molar-refractivity contribution in [3.8, 4) is 0 Å². The minimum Gasteiger partial charge on any atom is -0.390 e. The van der Waals surface area contributed by atoms with Crippen LogP contribution < -0.4 is 0 Å². The molecular formula is C15H22F4O5S. The van der Waals surface area contributed by atoms with Crippen LogP contribution in [0, 0.1) is 17.3 Å². The minimum absolute atomic E-state index is 0.0792. The van der Waals surface area contributed by atoms with Crippen LogP contribution in [0.25, 0.3) is 0 Å². The van der Waals surface area contributed by atoms with E-state index in [0.717, 1.165) is 32.1 Å². The summed E-state index contributed by atoms with van der Waals surface area (Å²) in [5, 5.41) is 5.02. The summed E-state index contributed by atoms with van der Waals surface area (Å²) in [4.78, 5) is 0. The van der Waals surface area contributed by atoms with Crippen molar-refractivity contribution in [1.29, 1.82) is 0 Å². The van der Waals surface area contributed by atoms with Crippen LogP contribution in [0.1, 0.15) is 44.9 Å². The van der Waals surface area contributed by atoms with Crippen LogP contribution in [0.2, 0.25) is 0 Å². The molecule has 2 N–H and O–H groups in total. The van der Waals surface area contributed by atoms with Crippen LogP contribution >= 0.6 is 0 Å². The minimum atomic E-state index is -6.21. The maximum Gasteiger partial charge on any atom is 0.431 e. The Morgan fingerprint density at radius 3 is 2.12 bits per heavy atom. The molecule has 0 saturated heterocycles. The van der Waals surface area contributed by atoms with E-state index in [9.17, 15) is 31.1 Å². The number of ether oxygens (including phenoxy) is 1. The SMILES string of the molecule is O=S(=O)(O)C(F)(F)C(F)(F)CCOCC12CC3CC(CC(O)(C3)C1)C2. The molecule has 0 aromatic carbocycles. The van der Waals surface area contributed by atoms with Crippen LogP contribution in [0.3, 0.4) is 0 Å². The van der Waals surface area contributed by atoms with Gasteiger partial charge in [-0.15, -0.1) is 0 Å². The van der Waals surface area contributed by atoms with Crippen molar-refractivity contribution in [2.75, 3.05) is 13.2 Å². The first-order chi connectivity index (χ1) is 11.3. The first-order valence-corrected chi connectivity index (χ1v) is 9.74. The highest BCUT2D eigenvalue weighted by molar-refractivity contribution is 7.87. The molecule has 5 nitrogen and oxygen atoms in total. The number of hydrogen-bond donors (Lipinski definition) is 2. The molecule has 146 valence electrons. The lowest BCUT2D eigenvalue weighted by molar-refractivity contribution is -0.191. The Balaban J connectivity index is 1.55. The van der Waals surface area contributed by atoms with Gasteiger partial charge in [0.2, 0.25) is 0 Å². The molecule has 4 rings (SSSR count). The Kier molecular flexibility index (Phi) is 4.46. The van der Waals surface area contributed by atoms with Crippen molar-refractivity contribution in [3.05, 3.63) is 0 Å². The zero-order valence-corrected chi connectivity index (χ0v) is 14.4. The zero-order valence-electron chi connectivity index (χ0n) is 13.6. The van der Waals surface area contributed by atoms with Crippen molar-refractivity contribution in [3.63, 3.8) is 0 Å². The number of hydrogen-bond acceptors (Lipinski definition) is 4. The Morgan fingerprint density at radius 1 is 1.08 bits per heavy atom. The van der Waals surface area contributed by atoms with Crippen molar-refractivity contribution in [1.82, 2.24) is 0 Å². The standard InChI is InChI=1S/C15H22F4O5S/c16-14(17,15(18,19)25(21,22)23)1-2-24-9-12-4-10-3-11(5-12)7-13(20,6-10)8-12/h10-11,20H,1-9H2,(H,21,22,23). The monoisotopic (exact) mass is 390 g/mol. The predicted octanol–water partition coefficient (Wildman–Crippen LogP) is 2.84. The van der Waals surface area contributed by atoms with Gasteiger partial charge in [-0.05, 0) is 55.8 Å². The Morgan fingerprint density at radius 2 is 1.64 bits per heavy atom. The van der Waals surface area contributed by atoms with E-state index in [4.69, 9.17) is 9.29 Å². The van der Waals surface area contributed by atoms with Gasteiger partial charge in [-0.2, -0.15) is 26.0 Å². The van der Waals surface area contributed by atoms with Gasteiger partial charge >= 0.3 is 21.3 Å². The molecule has 4 bridgehead atoms. The van der Waals surface area contributed by atoms with Gasteiger partial charge in [-0.1, -0.05) is 0 Å². The lowest BCUT2D eigenvalue weighted by atomic mass is 9.48. The van der Waals surface area contributed by atoms with Crippen molar-refractivity contribution < 1.29 is 40.4 Å². The second-order valence-corrected chi connectivity index (χ2v) is 9.65. The molecule has 4 saturated carbocycles. The average molecular weight is 390 g/mol. The van der Waals surface area contributed by atoms with Gasteiger partial charge in [0.25, 0.3) is 0 Å². The zero-order chi connectivity index (χ0) is 18.7. The highest BCUT2D eigenvalue weighted by Gasteiger charge is 2.65. The van der Waals surface area contributed by atoms with Crippen LogP contribution in [-0.2, 0) is 14.9 Å². The average Bonchev–Trinajstić information content (AvgIpc) is 2.39. The maximum atomic E-state index is 13.4. The van der Waals surface area contributed by atoms with E-state index < -0.39 is 39.9 Å². The third-order valence-electron chi connectivity index (χ3n) is 5.87. The molecule has 0 spiro atoms. The van der Waals surface area contributed by atoms with E-state index in [1.165, 1.54) is 0 Å². The molecule has 0 aromatic heterocycles. The van der Waals surface area contributed by atoms with E-state index >= 15 is 0 Å². The van der Waals surface area contributed by atoms with Gasteiger partial charge < -0.3 is 9.84 Å². The fraction of sp³-hybridized carbons (Fsp3) is 1.00. The van der Waals surface area contributed by atoms with E-state index in [1.807, 2.05) is 0 Å². The lowest BCUT2D eigenvalue weighted by Gasteiger charge is -2.60. The molecule has 0 aliphatic heterocycles. The molecule has 2 unspecified atom stereocenters. The van der Waals surface area contributed by atoms with Crippen LogP contribution in [0.5, 0.6) is 0 Å². The van der Waals surface area contributed by atoms with Crippen LogP contribution in [0.15, 0.2) is 0 Å². The largest absolute Gasteiger partial charge is 0.431 e. The fourth-order valence-corrected chi connectivity index (χ4v) is 5.87. The highest BCUT2D eigenvalue weighted by atomic mass is 32.2. The summed E-state index contributed by atoms with van der Waals surface area (Å²) in [5.74, 6) is -4.18. The number of aliphatic hydroxyl groups is 1. The summed E-state index contributed by atoms with van der Waals surface area (Å²) in [6.07, 6.45) is 3.17. The lowest BCUT2D eigenvalue weighted by Crippen LogP contribution is -2.57. The van der Waals surface area contributed by atoms with E-state index in [0.29, 0.717) is 18.3 Å². The van der Waals surface area contributed by atoms with E-state index in [-0.39, 0.29) is 12.0 Å². The molecule has 2 atom stereocenters. The molecule has 0 heterocycles. The third-order valence-corrected chi connectivity index (χ3v) is 6.82. The van der Waals surface area contributed by atoms with Gasteiger partial charge in [0.05, 0.1) is 18.8 Å². The molecule has 10 heteroatoms. The molecule has 4 aliphatic rings. The summed E-state index contributed by atoms with van der Waals surface area (Å²) in [6, 6.07) is 0. The molecule has 0 radical (unpaired) electrons. The quantitative estimate of drug-likeness (QED) is 0.397. The van der Waals surface area contributed by atoms with E-state index in [2.05, 4.69) is 0 Å². The van der Waals surface area contributed by atoms with Gasteiger partial charge in [0.15, 0.2) is 0 Å². The number of halogens is 4. The number of alkyl halides is 4. The highest BCUT2D eigenvalue weighted by Crippen LogP contribution is 2.61. The smallest absolute Gasteiger partial charge is 0.390 e. The second-order valence-electron chi connectivity index (χ2n) is 8.18. The number of rotatable bonds is 7. The third kappa shape index (κ3) is 3.42. The summed E-state index contributed by atoms with van der Waals surface area (Å²) in [7, 11) is -6.21. The van der Waals surface area contributed by atoms with Crippen molar-refractivity contribution in [2.45, 2.75) is 61.7 Å². The molecular weight excluding hydrogens is 368 g/mol. The normalized spacial score (nSPS) is 38.3. The van der Waals surface area contributed by atoms with Gasteiger partial charge in [-0.3, -0.25) is 4.55 Å². The van der Waals surface area contributed by atoms with Crippen molar-refractivity contribution >= 4 is 10.1 Å². The fourth-order valence-electron chi connectivity index (χ4n) is 5.39.